The third-order valence-corrected chi connectivity index (χ3v) is 4.01. The molecular weight excluding hydrogens is 216 g/mol. The van der Waals surface area contributed by atoms with Gasteiger partial charge in [0.1, 0.15) is 5.76 Å². The first-order valence-electron chi connectivity index (χ1n) is 6.55. The Labute approximate surface area is 102 Å². The van der Waals surface area contributed by atoms with E-state index in [2.05, 4.69) is 10.5 Å². The van der Waals surface area contributed by atoms with E-state index in [1.807, 2.05) is 13.0 Å². The maximum Gasteiger partial charge on any atom is 0.133 e. The second kappa shape index (κ2) is 4.42. The van der Waals surface area contributed by atoms with Crippen LogP contribution in [0.4, 0.5) is 0 Å². The molecule has 1 saturated carbocycles. The van der Waals surface area contributed by atoms with Crippen molar-refractivity contribution in [3.8, 4) is 0 Å². The Kier molecular flexibility index (Phi) is 2.92. The fraction of sp³-hybridized carbons (Fsp3) is 0.769. The molecule has 17 heavy (non-hydrogen) atoms. The van der Waals surface area contributed by atoms with Crippen LogP contribution >= 0.6 is 0 Å². The first-order valence-corrected chi connectivity index (χ1v) is 6.55. The van der Waals surface area contributed by atoms with Crippen LogP contribution in [0.15, 0.2) is 10.6 Å². The zero-order valence-electron chi connectivity index (χ0n) is 10.4. The van der Waals surface area contributed by atoms with Crippen molar-refractivity contribution < 1.29 is 9.26 Å². The van der Waals surface area contributed by atoms with Gasteiger partial charge >= 0.3 is 0 Å². The fourth-order valence-corrected chi connectivity index (χ4v) is 2.87. The largest absolute Gasteiger partial charge is 0.375 e. The van der Waals surface area contributed by atoms with Crippen LogP contribution in [0.25, 0.3) is 0 Å². The molecule has 2 heterocycles. The smallest absolute Gasteiger partial charge is 0.133 e. The molecule has 3 rings (SSSR count). The molecule has 1 aliphatic heterocycles. The number of aryl methyl sites for hydroxylation is 1. The molecule has 1 N–H and O–H groups in total. The van der Waals surface area contributed by atoms with Crippen LogP contribution in [0.2, 0.25) is 0 Å². The van der Waals surface area contributed by atoms with Gasteiger partial charge in [0.05, 0.1) is 11.3 Å². The molecule has 0 bridgehead atoms. The monoisotopic (exact) mass is 236 g/mol. The summed E-state index contributed by atoms with van der Waals surface area (Å²) < 4.78 is 11.0. The van der Waals surface area contributed by atoms with E-state index in [0.717, 1.165) is 37.4 Å². The van der Waals surface area contributed by atoms with Gasteiger partial charge in [-0.05, 0) is 39.0 Å². The topological polar surface area (TPSA) is 47.3 Å². The Morgan fingerprint density at radius 1 is 1.53 bits per heavy atom. The predicted molar refractivity (Wildman–Crippen MR) is 63.6 cm³/mol. The van der Waals surface area contributed by atoms with Crippen molar-refractivity contribution in [1.29, 1.82) is 0 Å². The number of aromatic nitrogens is 1. The number of hydrogen-bond donors (Lipinski definition) is 1. The van der Waals surface area contributed by atoms with Crippen molar-refractivity contribution in [1.82, 2.24) is 10.5 Å². The van der Waals surface area contributed by atoms with Crippen LogP contribution < -0.4 is 5.32 Å². The molecule has 4 heteroatoms. The van der Waals surface area contributed by atoms with Crippen molar-refractivity contribution in [3.63, 3.8) is 0 Å². The lowest BCUT2D eigenvalue weighted by Crippen LogP contribution is -2.50. The molecule has 1 aliphatic carbocycles. The Morgan fingerprint density at radius 2 is 2.41 bits per heavy atom. The summed E-state index contributed by atoms with van der Waals surface area (Å²) in [6.45, 7) is 3.63. The summed E-state index contributed by atoms with van der Waals surface area (Å²) in [5.41, 5.74) is 1.21. The summed E-state index contributed by atoms with van der Waals surface area (Å²) in [4.78, 5) is 0. The van der Waals surface area contributed by atoms with E-state index in [1.165, 1.54) is 19.3 Å². The summed E-state index contributed by atoms with van der Waals surface area (Å²) >= 11 is 0. The summed E-state index contributed by atoms with van der Waals surface area (Å²) in [5.74, 6) is 0.879. The zero-order valence-corrected chi connectivity index (χ0v) is 10.4. The normalized spacial score (nSPS) is 27.0. The minimum absolute atomic E-state index is 0.218. The summed E-state index contributed by atoms with van der Waals surface area (Å²) in [6, 6.07) is 2.56. The lowest BCUT2D eigenvalue weighted by atomic mass is 9.74. The Hall–Kier alpha value is -0.870. The van der Waals surface area contributed by atoms with Crippen molar-refractivity contribution in [2.45, 2.75) is 57.2 Å². The molecule has 1 unspecified atom stereocenters. The molecule has 1 atom stereocenters. The van der Waals surface area contributed by atoms with Gasteiger partial charge in [-0.1, -0.05) is 5.16 Å². The van der Waals surface area contributed by atoms with E-state index in [9.17, 15) is 0 Å². The van der Waals surface area contributed by atoms with Crippen molar-refractivity contribution in [2.75, 3.05) is 6.61 Å². The van der Waals surface area contributed by atoms with E-state index in [-0.39, 0.29) is 5.60 Å². The first kappa shape index (κ1) is 11.2. The van der Waals surface area contributed by atoms with Gasteiger partial charge in [0.15, 0.2) is 0 Å². The minimum atomic E-state index is 0.218. The molecule has 2 aliphatic rings. The SMILES string of the molecule is Cc1cc(CNC2CCOC3(CCC3)C2)no1. The van der Waals surface area contributed by atoms with Crippen molar-refractivity contribution in [2.24, 2.45) is 0 Å². The first-order chi connectivity index (χ1) is 8.26. The van der Waals surface area contributed by atoms with Crippen LogP contribution in [-0.4, -0.2) is 23.4 Å². The predicted octanol–water partition coefficient (Wildman–Crippen LogP) is 2.17. The van der Waals surface area contributed by atoms with E-state index in [0.29, 0.717) is 6.04 Å². The summed E-state index contributed by atoms with van der Waals surface area (Å²) in [5, 5.41) is 7.57. The van der Waals surface area contributed by atoms with Gasteiger partial charge in [-0.3, -0.25) is 0 Å². The third-order valence-electron chi connectivity index (χ3n) is 4.01. The highest BCUT2D eigenvalue weighted by Crippen LogP contribution is 2.42. The minimum Gasteiger partial charge on any atom is -0.375 e. The molecule has 1 spiro atoms. The second-order valence-electron chi connectivity index (χ2n) is 5.38. The number of hydrogen-bond acceptors (Lipinski definition) is 4. The molecule has 4 nitrogen and oxygen atoms in total. The third kappa shape index (κ3) is 2.38. The van der Waals surface area contributed by atoms with Crippen LogP contribution in [0, 0.1) is 6.92 Å². The van der Waals surface area contributed by atoms with Gasteiger partial charge in [0, 0.05) is 25.3 Å². The quantitative estimate of drug-likeness (QED) is 0.873. The van der Waals surface area contributed by atoms with E-state index in [4.69, 9.17) is 9.26 Å². The lowest BCUT2D eigenvalue weighted by molar-refractivity contribution is -0.135. The number of rotatable bonds is 3. The maximum absolute atomic E-state index is 5.91. The molecule has 0 radical (unpaired) electrons. The van der Waals surface area contributed by atoms with E-state index in [1.54, 1.807) is 0 Å². The summed E-state index contributed by atoms with van der Waals surface area (Å²) in [7, 11) is 0. The zero-order chi connectivity index (χ0) is 11.7. The molecule has 1 aromatic rings. The van der Waals surface area contributed by atoms with Crippen LogP contribution in [0.1, 0.15) is 43.6 Å². The molecule has 1 aromatic heterocycles. The van der Waals surface area contributed by atoms with Crippen LogP contribution in [0.5, 0.6) is 0 Å². The highest BCUT2D eigenvalue weighted by Gasteiger charge is 2.42. The number of nitrogens with zero attached hydrogens (tertiary/aromatic N) is 1. The van der Waals surface area contributed by atoms with E-state index >= 15 is 0 Å². The van der Waals surface area contributed by atoms with Crippen molar-refractivity contribution in [3.05, 3.63) is 17.5 Å². The van der Waals surface area contributed by atoms with Gasteiger partial charge in [0.25, 0.3) is 0 Å². The maximum atomic E-state index is 5.91. The molecule has 0 aromatic carbocycles. The average molecular weight is 236 g/mol. The molecule has 94 valence electrons. The Morgan fingerprint density at radius 3 is 3.06 bits per heavy atom. The van der Waals surface area contributed by atoms with Gasteiger partial charge in [-0.15, -0.1) is 0 Å². The molecule has 0 amide bonds. The Balaban J connectivity index is 1.51. The van der Waals surface area contributed by atoms with Crippen molar-refractivity contribution >= 4 is 0 Å². The standard InChI is InChI=1S/C13H20N2O2/c1-10-7-12(15-17-10)9-14-11-3-6-16-13(8-11)4-2-5-13/h7,11,14H,2-6,8-9H2,1H3. The highest BCUT2D eigenvalue weighted by atomic mass is 16.5. The van der Waals surface area contributed by atoms with Gasteiger partial charge < -0.3 is 14.6 Å². The van der Waals surface area contributed by atoms with Crippen LogP contribution in [-0.2, 0) is 11.3 Å². The van der Waals surface area contributed by atoms with E-state index < -0.39 is 0 Å². The lowest BCUT2D eigenvalue weighted by Gasteiger charge is -2.47. The highest BCUT2D eigenvalue weighted by molar-refractivity contribution is 5.04. The molecular formula is C13H20N2O2. The number of nitrogens with one attached hydrogen (secondary N) is 1. The second-order valence-corrected chi connectivity index (χ2v) is 5.38. The van der Waals surface area contributed by atoms with Crippen LogP contribution in [0.3, 0.4) is 0 Å². The van der Waals surface area contributed by atoms with Gasteiger partial charge in [-0.2, -0.15) is 0 Å². The van der Waals surface area contributed by atoms with Gasteiger partial charge in [-0.25, -0.2) is 0 Å². The van der Waals surface area contributed by atoms with Gasteiger partial charge in [0.2, 0.25) is 0 Å². The Bertz CT molecular complexity index is 385. The molecule has 1 saturated heterocycles. The number of ether oxygens (including phenoxy) is 1. The average Bonchev–Trinajstić information content (AvgIpc) is 2.71. The molecule has 2 fully saturated rings. The fourth-order valence-electron chi connectivity index (χ4n) is 2.87. The summed E-state index contributed by atoms with van der Waals surface area (Å²) in [6.07, 6.45) is 6.08.